The van der Waals surface area contributed by atoms with Crippen LogP contribution in [0.2, 0.25) is 0 Å². The van der Waals surface area contributed by atoms with E-state index in [1.54, 1.807) is 24.3 Å². The summed E-state index contributed by atoms with van der Waals surface area (Å²) in [6, 6.07) is 6.98. The van der Waals surface area contributed by atoms with Crippen LogP contribution < -0.4 is 0 Å². The molecule has 2 aromatic heterocycles. The van der Waals surface area contributed by atoms with Crippen molar-refractivity contribution in [2.45, 2.75) is 24.8 Å². The summed E-state index contributed by atoms with van der Waals surface area (Å²) in [5, 5.41) is 18.7. The van der Waals surface area contributed by atoms with E-state index < -0.39 is 24.8 Å². The summed E-state index contributed by atoms with van der Waals surface area (Å²) in [6.07, 6.45) is -2.50. The third kappa shape index (κ3) is 3.25. The van der Waals surface area contributed by atoms with Crippen molar-refractivity contribution >= 4 is 0 Å². The number of aliphatic hydroxyl groups excluding tert-OH is 2. The average Bonchev–Trinajstić information content (AvgIpc) is 3.25. The van der Waals surface area contributed by atoms with Crippen molar-refractivity contribution < 1.29 is 38.0 Å². The van der Waals surface area contributed by atoms with Crippen molar-refractivity contribution in [1.29, 1.82) is 0 Å². The first-order valence-electron chi connectivity index (χ1n) is 7.71. The van der Waals surface area contributed by atoms with E-state index in [1.807, 2.05) is 0 Å². The summed E-state index contributed by atoms with van der Waals surface area (Å²) < 4.78 is 32.9. The normalized spacial score (nSPS) is 31.2. The van der Waals surface area contributed by atoms with Gasteiger partial charge in [-0.05, 0) is 24.3 Å². The Hall–Kier alpha value is -1.68. The van der Waals surface area contributed by atoms with E-state index in [-0.39, 0.29) is 26.4 Å². The third-order valence-electron chi connectivity index (χ3n) is 3.72. The Balaban J connectivity index is 1.45. The van der Waals surface area contributed by atoms with Crippen LogP contribution in [0.1, 0.15) is 24.1 Å². The molecule has 2 aliphatic rings. The summed E-state index contributed by atoms with van der Waals surface area (Å²) in [4.78, 5) is 0. The van der Waals surface area contributed by atoms with E-state index in [2.05, 4.69) is 0 Å². The summed E-state index contributed by atoms with van der Waals surface area (Å²) in [5.74, 6) is 2.04. The molecule has 0 radical (unpaired) electrons. The van der Waals surface area contributed by atoms with Crippen LogP contribution >= 0.6 is 0 Å². The first kappa shape index (κ1) is 15.8. The molecule has 24 heavy (non-hydrogen) atoms. The quantitative estimate of drug-likeness (QED) is 0.864. The van der Waals surface area contributed by atoms with Crippen molar-refractivity contribution in [2.24, 2.45) is 0 Å². The summed E-state index contributed by atoms with van der Waals surface area (Å²) in [5.41, 5.74) is 0. The molecule has 0 amide bonds. The van der Waals surface area contributed by atoms with Crippen molar-refractivity contribution in [3.63, 3.8) is 0 Å². The highest BCUT2D eigenvalue weighted by Crippen LogP contribution is 2.33. The standard InChI is InChI=1S/C16H18O8/c17-9-5-19-15(20-6-9)13-3-1-11(23-13)12-2-4-14(24-12)16-21-7-10(18)8-22-16/h1-4,9-10,15-18H,5-8H2. The first-order chi connectivity index (χ1) is 11.7. The fraction of sp³-hybridized carbons (Fsp3) is 0.500. The highest BCUT2D eigenvalue weighted by molar-refractivity contribution is 5.50. The Morgan fingerprint density at radius 1 is 0.625 bits per heavy atom. The Morgan fingerprint density at radius 3 is 1.38 bits per heavy atom. The van der Waals surface area contributed by atoms with Gasteiger partial charge in [-0.15, -0.1) is 0 Å². The number of furan rings is 2. The van der Waals surface area contributed by atoms with Crippen LogP contribution in [-0.4, -0.2) is 48.8 Å². The van der Waals surface area contributed by atoms with Gasteiger partial charge in [-0.3, -0.25) is 0 Å². The molecule has 2 saturated heterocycles. The van der Waals surface area contributed by atoms with Gasteiger partial charge in [0, 0.05) is 0 Å². The van der Waals surface area contributed by atoms with Gasteiger partial charge in [0.25, 0.3) is 0 Å². The molecule has 0 bridgehead atoms. The molecule has 2 N–H and O–H groups in total. The maximum Gasteiger partial charge on any atom is 0.217 e. The minimum absolute atomic E-state index is 0.202. The van der Waals surface area contributed by atoms with Crippen LogP contribution in [0.5, 0.6) is 0 Å². The molecule has 4 heterocycles. The predicted molar refractivity (Wildman–Crippen MR) is 77.7 cm³/mol. The largest absolute Gasteiger partial charge is 0.452 e. The lowest BCUT2D eigenvalue weighted by molar-refractivity contribution is -0.227. The second-order valence-electron chi connectivity index (χ2n) is 5.71. The van der Waals surface area contributed by atoms with Gasteiger partial charge in [0.05, 0.1) is 26.4 Å². The first-order valence-corrected chi connectivity index (χ1v) is 7.71. The smallest absolute Gasteiger partial charge is 0.217 e. The summed E-state index contributed by atoms with van der Waals surface area (Å²) in [6.45, 7) is 0.809. The molecule has 2 aromatic rings. The van der Waals surface area contributed by atoms with E-state index in [1.165, 1.54) is 0 Å². The molecule has 0 saturated carbocycles. The lowest BCUT2D eigenvalue weighted by atomic mass is 10.3. The Labute approximate surface area is 137 Å². The fourth-order valence-electron chi connectivity index (χ4n) is 2.54. The van der Waals surface area contributed by atoms with Crippen LogP contribution in [0.25, 0.3) is 11.5 Å². The molecule has 0 atom stereocenters. The molecular formula is C16H18O8. The Bertz CT molecular complexity index is 603. The third-order valence-corrected chi connectivity index (χ3v) is 3.72. The number of rotatable bonds is 3. The maximum absolute atomic E-state index is 9.37. The fourth-order valence-corrected chi connectivity index (χ4v) is 2.54. The van der Waals surface area contributed by atoms with Crippen LogP contribution in [0.3, 0.4) is 0 Å². The molecule has 2 fully saturated rings. The molecule has 0 spiro atoms. The van der Waals surface area contributed by atoms with Crippen molar-refractivity contribution in [1.82, 2.24) is 0 Å². The van der Waals surface area contributed by atoms with E-state index in [0.29, 0.717) is 23.0 Å². The molecule has 2 aliphatic heterocycles. The number of aliphatic hydroxyl groups is 2. The number of ether oxygens (including phenoxy) is 4. The maximum atomic E-state index is 9.37. The number of hydrogen-bond acceptors (Lipinski definition) is 8. The zero-order valence-electron chi connectivity index (χ0n) is 12.8. The van der Waals surface area contributed by atoms with E-state index in [4.69, 9.17) is 27.8 Å². The predicted octanol–water partition coefficient (Wildman–Crippen LogP) is 1.35. The topological polar surface area (TPSA) is 104 Å². The second-order valence-corrected chi connectivity index (χ2v) is 5.71. The van der Waals surface area contributed by atoms with Crippen LogP contribution in [-0.2, 0) is 18.9 Å². The van der Waals surface area contributed by atoms with Gasteiger partial charge in [0.2, 0.25) is 12.6 Å². The van der Waals surface area contributed by atoms with E-state index >= 15 is 0 Å². The molecule has 0 aromatic carbocycles. The van der Waals surface area contributed by atoms with Crippen molar-refractivity contribution in [3.8, 4) is 11.5 Å². The van der Waals surface area contributed by atoms with Gasteiger partial charge in [-0.25, -0.2) is 0 Å². The summed E-state index contributed by atoms with van der Waals surface area (Å²) >= 11 is 0. The minimum Gasteiger partial charge on any atom is -0.452 e. The van der Waals surface area contributed by atoms with Crippen LogP contribution in [0.15, 0.2) is 33.1 Å². The lowest BCUT2D eigenvalue weighted by Crippen LogP contribution is -2.30. The minimum atomic E-state index is -0.636. The molecular weight excluding hydrogens is 320 g/mol. The zero-order valence-corrected chi connectivity index (χ0v) is 12.8. The van der Waals surface area contributed by atoms with Gasteiger partial charge in [-0.1, -0.05) is 0 Å². The second kappa shape index (κ2) is 6.67. The molecule has 130 valence electrons. The molecule has 8 nitrogen and oxygen atoms in total. The van der Waals surface area contributed by atoms with Gasteiger partial charge in [0.15, 0.2) is 23.0 Å². The Kier molecular flexibility index (Phi) is 4.40. The van der Waals surface area contributed by atoms with E-state index in [0.717, 1.165) is 0 Å². The summed E-state index contributed by atoms with van der Waals surface area (Å²) in [7, 11) is 0. The zero-order chi connectivity index (χ0) is 16.5. The van der Waals surface area contributed by atoms with Crippen molar-refractivity contribution in [2.75, 3.05) is 26.4 Å². The molecule has 0 aliphatic carbocycles. The van der Waals surface area contributed by atoms with Gasteiger partial charge in [0.1, 0.15) is 12.2 Å². The molecule has 8 heteroatoms. The lowest BCUT2D eigenvalue weighted by Gasteiger charge is -2.25. The monoisotopic (exact) mass is 338 g/mol. The Morgan fingerprint density at radius 2 is 1.00 bits per heavy atom. The van der Waals surface area contributed by atoms with Crippen molar-refractivity contribution in [3.05, 3.63) is 35.8 Å². The van der Waals surface area contributed by atoms with E-state index in [9.17, 15) is 10.2 Å². The number of hydrogen-bond donors (Lipinski definition) is 2. The van der Waals surface area contributed by atoms with Gasteiger partial charge < -0.3 is 38.0 Å². The molecule has 0 unspecified atom stereocenters. The van der Waals surface area contributed by atoms with Crippen LogP contribution in [0, 0.1) is 0 Å². The highest BCUT2D eigenvalue weighted by Gasteiger charge is 2.27. The highest BCUT2D eigenvalue weighted by atomic mass is 16.7. The average molecular weight is 338 g/mol. The molecule has 4 rings (SSSR count). The van der Waals surface area contributed by atoms with Gasteiger partial charge >= 0.3 is 0 Å². The van der Waals surface area contributed by atoms with Gasteiger partial charge in [-0.2, -0.15) is 0 Å². The van der Waals surface area contributed by atoms with Crippen LogP contribution in [0.4, 0.5) is 0 Å². The SMILES string of the molecule is OC1COC(c2ccc(-c3ccc(C4OCC(O)CO4)o3)o2)OC1.